The predicted molar refractivity (Wildman–Crippen MR) is 70.3 cm³/mol. The van der Waals surface area contributed by atoms with Gasteiger partial charge in [-0.25, -0.2) is 4.79 Å². The lowest BCUT2D eigenvalue weighted by Crippen LogP contribution is -2.36. The molecule has 18 heavy (non-hydrogen) atoms. The fraction of sp³-hybridized carbons (Fsp3) is 0.417. The Kier molecular flexibility index (Phi) is 3.93. The maximum Gasteiger partial charge on any atom is 0.409 e. The van der Waals surface area contributed by atoms with Gasteiger partial charge in [0.25, 0.3) is 0 Å². The Bertz CT molecular complexity index is 443. The van der Waals surface area contributed by atoms with Crippen LogP contribution in [0.2, 0.25) is 0 Å². The second kappa shape index (κ2) is 5.46. The number of rotatable bonds is 2. The molecule has 0 radical (unpaired) electrons. The third-order valence-corrected chi connectivity index (χ3v) is 3.36. The van der Waals surface area contributed by atoms with Crippen molar-refractivity contribution in [3.63, 3.8) is 0 Å². The number of halogens is 1. The standard InChI is InChI=1S/C12H16ClN3O2/c1-16-7-9(13)10(15-12(17)18)6-11(16)8-2-4-14-5-3-8/h2,6-7,11,14-15H,3-5H2,1H3,(H,17,18). The summed E-state index contributed by atoms with van der Waals surface area (Å²) in [5.41, 5.74) is 1.73. The van der Waals surface area contributed by atoms with Crippen LogP contribution in [0.25, 0.3) is 0 Å². The topological polar surface area (TPSA) is 64.6 Å². The van der Waals surface area contributed by atoms with Crippen molar-refractivity contribution in [3.05, 3.63) is 34.7 Å². The minimum atomic E-state index is -1.10. The molecule has 0 aliphatic carbocycles. The molecule has 1 unspecified atom stereocenters. The number of carbonyl (C=O) groups is 1. The Morgan fingerprint density at radius 3 is 3.06 bits per heavy atom. The average molecular weight is 270 g/mol. The van der Waals surface area contributed by atoms with Crippen molar-refractivity contribution < 1.29 is 9.90 Å². The molecule has 0 bridgehead atoms. The summed E-state index contributed by atoms with van der Waals surface area (Å²) in [6.07, 6.45) is 5.60. The number of carboxylic acid groups (broad SMARTS) is 1. The third kappa shape index (κ3) is 2.86. The van der Waals surface area contributed by atoms with Gasteiger partial charge in [-0.2, -0.15) is 0 Å². The fourth-order valence-corrected chi connectivity index (χ4v) is 2.44. The molecule has 5 nitrogen and oxygen atoms in total. The van der Waals surface area contributed by atoms with Crippen LogP contribution in [-0.2, 0) is 0 Å². The van der Waals surface area contributed by atoms with Crippen molar-refractivity contribution in [2.24, 2.45) is 0 Å². The van der Waals surface area contributed by atoms with Crippen LogP contribution in [0.1, 0.15) is 6.42 Å². The summed E-state index contributed by atoms with van der Waals surface area (Å²) in [4.78, 5) is 12.7. The molecule has 0 aromatic carbocycles. The summed E-state index contributed by atoms with van der Waals surface area (Å²) in [5, 5.41) is 14.8. The molecule has 0 saturated heterocycles. The Morgan fingerprint density at radius 2 is 2.44 bits per heavy atom. The molecule has 3 N–H and O–H groups in total. The number of nitrogens with one attached hydrogen (secondary N) is 2. The second-order valence-corrected chi connectivity index (χ2v) is 4.74. The minimum absolute atomic E-state index is 0.0662. The number of amides is 1. The van der Waals surface area contributed by atoms with E-state index in [2.05, 4.69) is 16.7 Å². The first-order valence-electron chi connectivity index (χ1n) is 5.79. The van der Waals surface area contributed by atoms with Crippen LogP contribution in [0.4, 0.5) is 4.79 Å². The van der Waals surface area contributed by atoms with E-state index in [1.807, 2.05) is 18.0 Å². The molecule has 6 heteroatoms. The van der Waals surface area contributed by atoms with Gasteiger partial charge >= 0.3 is 6.09 Å². The molecule has 0 fully saturated rings. The summed E-state index contributed by atoms with van der Waals surface area (Å²) >= 11 is 6.02. The van der Waals surface area contributed by atoms with Crippen LogP contribution < -0.4 is 10.6 Å². The van der Waals surface area contributed by atoms with Crippen molar-refractivity contribution in [1.29, 1.82) is 0 Å². The third-order valence-electron chi connectivity index (χ3n) is 3.06. The molecule has 2 heterocycles. The molecular formula is C12H16ClN3O2. The van der Waals surface area contributed by atoms with Gasteiger partial charge in [-0.15, -0.1) is 0 Å². The number of nitrogens with zero attached hydrogens (tertiary/aromatic N) is 1. The van der Waals surface area contributed by atoms with Crippen LogP contribution in [0.3, 0.4) is 0 Å². The zero-order valence-corrected chi connectivity index (χ0v) is 10.9. The molecule has 0 saturated carbocycles. The molecule has 1 atom stereocenters. The summed E-state index contributed by atoms with van der Waals surface area (Å²) in [6.45, 7) is 1.80. The Hall–Kier alpha value is -1.46. The van der Waals surface area contributed by atoms with E-state index in [0.29, 0.717) is 10.7 Å². The monoisotopic (exact) mass is 269 g/mol. The van der Waals surface area contributed by atoms with E-state index in [4.69, 9.17) is 16.7 Å². The molecular weight excluding hydrogens is 254 g/mol. The molecule has 2 aliphatic heterocycles. The highest BCUT2D eigenvalue weighted by atomic mass is 35.5. The quantitative estimate of drug-likeness (QED) is 0.664. The first kappa shape index (κ1) is 13.0. The molecule has 98 valence electrons. The van der Waals surface area contributed by atoms with E-state index in [9.17, 15) is 4.79 Å². The van der Waals surface area contributed by atoms with Crippen LogP contribution in [-0.4, -0.2) is 42.3 Å². The number of hydrogen-bond donors (Lipinski definition) is 3. The molecule has 0 aromatic heterocycles. The smallest absolute Gasteiger partial charge is 0.409 e. The zero-order chi connectivity index (χ0) is 13.1. The number of likely N-dealkylation sites (N-methyl/N-ethyl adjacent to an activating group) is 1. The number of hydrogen-bond acceptors (Lipinski definition) is 3. The van der Waals surface area contributed by atoms with Crippen LogP contribution in [0.5, 0.6) is 0 Å². The van der Waals surface area contributed by atoms with E-state index >= 15 is 0 Å². The van der Waals surface area contributed by atoms with Crippen LogP contribution in [0.15, 0.2) is 34.7 Å². The molecule has 0 aromatic rings. The highest BCUT2D eigenvalue weighted by Gasteiger charge is 2.23. The SMILES string of the molecule is CN1C=C(Cl)C(NC(=O)O)=CC1C1=CCNCC1. The van der Waals surface area contributed by atoms with Gasteiger partial charge in [-0.05, 0) is 24.6 Å². The Balaban J connectivity index is 2.22. The number of allylic oxidation sites excluding steroid dienone is 1. The maximum absolute atomic E-state index is 10.7. The average Bonchev–Trinajstić information content (AvgIpc) is 2.33. The maximum atomic E-state index is 10.7. The largest absolute Gasteiger partial charge is 0.465 e. The first-order chi connectivity index (χ1) is 8.58. The van der Waals surface area contributed by atoms with E-state index in [-0.39, 0.29) is 6.04 Å². The molecule has 0 spiro atoms. The van der Waals surface area contributed by atoms with E-state index < -0.39 is 6.09 Å². The summed E-state index contributed by atoms with van der Waals surface area (Å²) in [6, 6.07) is 0.0662. The molecule has 2 aliphatic rings. The van der Waals surface area contributed by atoms with Gasteiger partial charge in [-0.3, -0.25) is 5.32 Å². The zero-order valence-electron chi connectivity index (χ0n) is 10.1. The first-order valence-corrected chi connectivity index (χ1v) is 6.17. The lowest BCUT2D eigenvalue weighted by atomic mass is 9.97. The predicted octanol–water partition coefficient (Wildman–Crippen LogP) is 1.45. The lowest BCUT2D eigenvalue weighted by molar-refractivity contribution is 0.197. The van der Waals surface area contributed by atoms with Gasteiger partial charge < -0.3 is 15.3 Å². The molecule has 2 rings (SSSR count). The van der Waals surface area contributed by atoms with Gasteiger partial charge in [0.1, 0.15) is 0 Å². The molecule has 1 amide bonds. The Labute approximate surface area is 111 Å². The van der Waals surface area contributed by atoms with Crippen molar-refractivity contribution in [2.75, 3.05) is 20.1 Å². The van der Waals surface area contributed by atoms with Gasteiger partial charge in [0.05, 0.1) is 16.8 Å². The summed E-state index contributed by atoms with van der Waals surface area (Å²) in [5.74, 6) is 0. The van der Waals surface area contributed by atoms with Crippen LogP contribution in [0, 0.1) is 0 Å². The van der Waals surface area contributed by atoms with Crippen molar-refractivity contribution in [2.45, 2.75) is 12.5 Å². The summed E-state index contributed by atoms with van der Waals surface area (Å²) in [7, 11) is 1.93. The van der Waals surface area contributed by atoms with Gasteiger partial charge in [0, 0.05) is 19.8 Å². The van der Waals surface area contributed by atoms with Crippen molar-refractivity contribution in [3.8, 4) is 0 Å². The van der Waals surface area contributed by atoms with Crippen molar-refractivity contribution >= 4 is 17.7 Å². The normalized spacial score (nSPS) is 24.0. The highest BCUT2D eigenvalue weighted by Crippen LogP contribution is 2.26. The second-order valence-electron chi connectivity index (χ2n) is 4.33. The van der Waals surface area contributed by atoms with Gasteiger partial charge in [0.15, 0.2) is 0 Å². The van der Waals surface area contributed by atoms with Crippen LogP contribution >= 0.6 is 11.6 Å². The van der Waals surface area contributed by atoms with E-state index in [0.717, 1.165) is 19.5 Å². The van der Waals surface area contributed by atoms with E-state index in [1.54, 1.807) is 6.20 Å². The van der Waals surface area contributed by atoms with E-state index in [1.165, 1.54) is 5.57 Å². The highest BCUT2D eigenvalue weighted by molar-refractivity contribution is 6.32. The van der Waals surface area contributed by atoms with Gasteiger partial charge in [0.2, 0.25) is 0 Å². The minimum Gasteiger partial charge on any atom is -0.465 e. The van der Waals surface area contributed by atoms with Gasteiger partial charge in [-0.1, -0.05) is 17.7 Å². The lowest BCUT2D eigenvalue weighted by Gasteiger charge is -2.32. The fourth-order valence-electron chi connectivity index (χ4n) is 2.18. The Morgan fingerprint density at radius 1 is 1.67 bits per heavy atom. The summed E-state index contributed by atoms with van der Waals surface area (Å²) < 4.78 is 0. The van der Waals surface area contributed by atoms with Crippen molar-refractivity contribution in [1.82, 2.24) is 15.5 Å².